The average Bonchev–Trinajstić information content (AvgIpc) is 2.48. The van der Waals surface area contributed by atoms with Crippen LogP contribution in [-0.2, 0) is 6.42 Å². The molecule has 0 saturated carbocycles. The third kappa shape index (κ3) is 2.58. The molecule has 20 heavy (non-hydrogen) atoms. The van der Waals surface area contributed by atoms with Crippen LogP contribution in [0.25, 0.3) is 11.0 Å². The molecule has 0 atom stereocenters. The molecule has 2 aromatic heterocycles. The van der Waals surface area contributed by atoms with Crippen molar-refractivity contribution in [3.05, 3.63) is 64.1 Å². The van der Waals surface area contributed by atoms with E-state index in [1.54, 1.807) is 6.20 Å². The summed E-state index contributed by atoms with van der Waals surface area (Å²) in [4.78, 5) is 23.5. The molecule has 3 rings (SSSR count). The number of hydrogen-bond acceptors (Lipinski definition) is 4. The molecule has 0 bridgehead atoms. The summed E-state index contributed by atoms with van der Waals surface area (Å²) >= 11 is 1.45. The standard InChI is InChI=1S/C15H13N3OS/c1-20-15-16-9-12-8-11(14(19)17-13(12)18-15)7-10-5-3-2-4-6-10/h2-6,8-9H,7H2,1H3,(H,16,17,18,19). The highest BCUT2D eigenvalue weighted by Gasteiger charge is 2.06. The number of rotatable bonds is 3. The minimum atomic E-state index is -0.0906. The van der Waals surface area contributed by atoms with Crippen molar-refractivity contribution in [1.29, 1.82) is 0 Å². The lowest BCUT2D eigenvalue weighted by molar-refractivity contribution is 0.980. The second-order valence-corrected chi connectivity index (χ2v) is 5.22. The van der Waals surface area contributed by atoms with Gasteiger partial charge in [0.15, 0.2) is 5.16 Å². The minimum absolute atomic E-state index is 0.0906. The quantitative estimate of drug-likeness (QED) is 0.593. The zero-order valence-corrected chi connectivity index (χ0v) is 11.8. The van der Waals surface area contributed by atoms with E-state index in [1.807, 2.05) is 42.7 Å². The van der Waals surface area contributed by atoms with Gasteiger partial charge in [-0.25, -0.2) is 9.97 Å². The molecule has 0 radical (unpaired) electrons. The molecule has 0 unspecified atom stereocenters. The van der Waals surface area contributed by atoms with E-state index in [2.05, 4.69) is 15.0 Å². The molecule has 0 aliphatic rings. The van der Waals surface area contributed by atoms with Crippen LogP contribution in [0.3, 0.4) is 0 Å². The lowest BCUT2D eigenvalue weighted by Crippen LogP contribution is -2.13. The van der Waals surface area contributed by atoms with Gasteiger partial charge in [0, 0.05) is 23.6 Å². The van der Waals surface area contributed by atoms with Gasteiger partial charge >= 0.3 is 0 Å². The van der Waals surface area contributed by atoms with Crippen molar-refractivity contribution >= 4 is 22.8 Å². The lowest BCUT2D eigenvalue weighted by atomic mass is 10.1. The molecule has 2 heterocycles. The molecule has 0 fully saturated rings. The van der Waals surface area contributed by atoms with E-state index >= 15 is 0 Å². The molecule has 0 spiro atoms. The van der Waals surface area contributed by atoms with Crippen molar-refractivity contribution < 1.29 is 0 Å². The van der Waals surface area contributed by atoms with Crippen LogP contribution in [0.5, 0.6) is 0 Å². The first-order chi connectivity index (χ1) is 9.76. The number of hydrogen-bond donors (Lipinski definition) is 1. The van der Waals surface area contributed by atoms with Crippen molar-refractivity contribution in [3.8, 4) is 0 Å². The van der Waals surface area contributed by atoms with E-state index in [0.717, 1.165) is 16.5 Å². The third-order valence-corrected chi connectivity index (χ3v) is 3.63. The van der Waals surface area contributed by atoms with Gasteiger partial charge in [-0.2, -0.15) is 0 Å². The second kappa shape index (κ2) is 5.46. The van der Waals surface area contributed by atoms with Gasteiger partial charge in [0.05, 0.1) is 0 Å². The number of H-pyrrole nitrogens is 1. The molecule has 1 N–H and O–H groups in total. The fourth-order valence-electron chi connectivity index (χ4n) is 2.07. The summed E-state index contributed by atoms with van der Waals surface area (Å²) in [5.41, 5.74) is 2.33. The number of nitrogens with one attached hydrogen (secondary N) is 1. The SMILES string of the molecule is CSc1ncc2cc(Cc3ccccc3)c(=O)[nH]c2n1. The highest BCUT2D eigenvalue weighted by Crippen LogP contribution is 2.14. The molecule has 0 aliphatic carbocycles. The number of benzene rings is 1. The minimum Gasteiger partial charge on any atom is -0.306 e. The van der Waals surface area contributed by atoms with Gasteiger partial charge in [-0.05, 0) is 17.9 Å². The van der Waals surface area contributed by atoms with Crippen molar-refractivity contribution in [2.24, 2.45) is 0 Å². The first-order valence-corrected chi connectivity index (χ1v) is 7.45. The van der Waals surface area contributed by atoms with Crippen molar-refractivity contribution in [2.45, 2.75) is 11.6 Å². The Labute approximate surface area is 120 Å². The Balaban J connectivity index is 2.04. The Morgan fingerprint density at radius 3 is 2.80 bits per heavy atom. The molecule has 1 aromatic carbocycles. The number of aromatic nitrogens is 3. The fourth-order valence-corrected chi connectivity index (χ4v) is 2.41. The van der Waals surface area contributed by atoms with E-state index in [4.69, 9.17) is 0 Å². The lowest BCUT2D eigenvalue weighted by Gasteiger charge is -2.04. The third-order valence-electron chi connectivity index (χ3n) is 3.07. The molecule has 4 nitrogen and oxygen atoms in total. The van der Waals surface area contributed by atoms with Crippen molar-refractivity contribution in [2.75, 3.05) is 6.26 Å². The number of fused-ring (bicyclic) bond motifs is 1. The zero-order valence-electron chi connectivity index (χ0n) is 11.0. The maximum absolute atomic E-state index is 12.1. The maximum Gasteiger partial charge on any atom is 0.253 e. The normalized spacial score (nSPS) is 10.8. The highest BCUT2D eigenvalue weighted by atomic mass is 32.2. The Kier molecular flexibility index (Phi) is 3.52. The molecule has 5 heteroatoms. The first kappa shape index (κ1) is 12.9. The predicted octanol–water partition coefficient (Wildman–Crippen LogP) is 2.63. The van der Waals surface area contributed by atoms with Crippen LogP contribution < -0.4 is 5.56 Å². The van der Waals surface area contributed by atoms with Crippen LogP contribution in [0, 0.1) is 0 Å². The van der Waals surface area contributed by atoms with Gasteiger partial charge in [-0.15, -0.1) is 0 Å². The van der Waals surface area contributed by atoms with E-state index < -0.39 is 0 Å². The van der Waals surface area contributed by atoms with Gasteiger partial charge in [-0.1, -0.05) is 42.1 Å². The van der Waals surface area contributed by atoms with Gasteiger partial charge < -0.3 is 4.98 Å². The Bertz CT molecular complexity index is 799. The second-order valence-electron chi connectivity index (χ2n) is 4.45. The summed E-state index contributed by atoms with van der Waals surface area (Å²) < 4.78 is 0. The summed E-state index contributed by atoms with van der Waals surface area (Å²) in [7, 11) is 0. The van der Waals surface area contributed by atoms with E-state index in [9.17, 15) is 4.79 Å². The van der Waals surface area contributed by atoms with Crippen LogP contribution in [0.4, 0.5) is 0 Å². The van der Waals surface area contributed by atoms with Gasteiger partial charge in [-0.3, -0.25) is 4.79 Å². The summed E-state index contributed by atoms with van der Waals surface area (Å²) in [6.45, 7) is 0. The van der Waals surface area contributed by atoms with E-state index in [1.165, 1.54) is 11.8 Å². The van der Waals surface area contributed by atoms with Crippen LogP contribution in [0.1, 0.15) is 11.1 Å². The average molecular weight is 283 g/mol. The number of pyridine rings is 1. The molecule has 0 amide bonds. The Morgan fingerprint density at radius 2 is 2.05 bits per heavy atom. The summed E-state index contributed by atoms with van der Waals surface area (Å²) in [5, 5.41) is 1.51. The topological polar surface area (TPSA) is 58.6 Å². The predicted molar refractivity (Wildman–Crippen MR) is 81.2 cm³/mol. The molecule has 0 saturated heterocycles. The molecular weight excluding hydrogens is 270 g/mol. The van der Waals surface area contributed by atoms with Crippen LogP contribution in [-0.4, -0.2) is 21.2 Å². The highest BCUT2D eigenvalue weighted by molar-refractivity contribution is 7.98. The molecule has 100 valence electrons. The number of nitrogens with zero attached hydrogens (tertiary/aromatic N) is 2. The molecule has 3 aromatic rings. The summed E-state index contributed by atoms with van der Waals surface area (Å²) in [6.07, 6.45) is 4.26. The number of aromatic amines is 1. The van der Waals surface area contributed by atoms with Gasteiger partial charge in [0.25, 0.3) is 5.56 Å². The monoisotopic (exact) mass is 283 g/mol. The van der Waals surface area contributed by atoms with Crippen molar-refractivity contribution in [3.63, 3.8) is 0 Å². The smallest absolute Gasteiger partial charge is 0.253 e. The van der Waals surface area contributed by atoms with Gasteiger partial charge in [0.2, 0.25) is 0 Å². The summed E-state index contributed by atoms with van der Waals surface area (Å²) in [5.74, 6) is 0. The fraction of sp³-hybridized carbons (Fsp3) is 0.133. The van der Waals surface area contributed by atoms with E-state index in [-0.39, 0.29) is 5.56 Å². The maximum atomic E-state index is 12.1. The van der Waals surface area contributed by atoms with Crippen LogP contribution in [0.15, 0.2) is 52.5 Å². The molecule has 0 aliphatic heterocycles. The summed E-state index contributed by atoms with van der Waals surface area (Å²) in [6, 6.07) is 11.8. The van der Waals surface area contributed by atoms with E-state index in [0.29, 0.717) is 17.2 Å². The van der Waals surface area contributed by atoms with Crippen molar-refractivity contribution in [1.82, 2.24) is 15.0 Å². The number of thioether (sulfide) groups is 1. The Morgan fingerprint density at radius 1 is 1.25 bits per heavy atom. The Hall–Kier alpha value is -2.14. The molecular formula is C15H13N3OS. The largest absolute Gasteiger partial charge is 0.306 e. The van der Waals surface area contributed by atoms with Crippen LogP contribution in [0.2, 0.25) is 0 Å². The van der Waals surface area contributed by atoms with Crippen LogP contribution >= 0.6 is 11.8 Å². The first-order valence-electron chi connectivity index (χ1n) is 6.23. The van der Waals surface area contributed by atoms with Gasteiger partial charge in [0.1, 0.15) is 5.65 Å². The zero-order chi connectivity index (χ0) is 13.9.